The van der Waals surface area contributed by atoms with E-state index in [9.17, 15) is 0 Å². The Hall–Kier alpha value is -2.00. The summed E-state index contributed by atoms with van der Waals surface area (Å²) in [7, 11) is 0. The van der Waals surface area contributed by atoms with E-state index in [4.69, 9.17) is 5.26 Å². The monoisotopic (exact) mass is 217 g/mol. The Balaban J connectivity index is 2.02. The van der Waals surface area contributed by atoms with Crippen molar-refractivity contribution in [1.82, 2.24) is 15.0 Å². The molecule has 2 aromatic heterocycles. The van der Waals surface area contributed by atoms with Crippen molar-refractivity contribution in [2.24, 2.45) is 0 Å². The van der Waals surface area contributed by atoms with Gasteiger partial charge in [0, 0.05) is 17.3 Å². The summed E-state index contributed by atoms with van der Waals surface area (Å²) in [5, 5.41) is 11.7. The molecule has 0 saturated carbocycles. The van der Waals surface area contributed by atoms with Crippen LogP contribution < -0.4 is 5.32 Å². The Morgan fingerprint density at radius 2 is 2.47 bits per heavy atom. The van der Waals surface area contributed by atoms with Crippen molar-refractivity contribution in [1.29, 1.82) is 5.26 Å². The van der Waals surface area contributed by atoms with Gasteiger partial charge in [-0.3, -0.25) is 4.98 Å². The highest BCUT2D eigenvalue weighted by atomic mass is 32.1. The number of aromatic nitrogens is 3. The number of anilines is 1. The van der Waals surface area contributed by atoms with Gasteiger partial charge in [0.15, 0.2) is 0 Å². The van der Waals surface area contributed by atoms with Crippen LogP contribution in [0.3, 0.4) is 0 Å². The maximum absolute atomic E-state index is 8.64. The molecule has 0 bridgehead atoms. The number of nitrogens with one attached hydrogen (secondary N) is 1. The lowest BCUT2D eigenvalue weighted by molar-refractivity contribution is 1.05. The van der Waals surface area contributed by atoms with Gasteiger partial charge < -0.3 is 5.32 Å². The zero-order chi connectivity index (χ0) is 10.5. The van der Waals surface area contributed by atoms with E-state index in [1.165, 1.54) is 0 Å². The Morgan fingerprint density at radius 1 is 1.53 bits per heavy atom. The highest BCUT2D eigenvalue weighted by Crippen LogP contribution is 2.07. The van der Waals surface area contributed by atoms with Gasteiger partial charge in [-0.15, -0.1) is 11.3 Å². The van der Waals surface area contributed by atoms with Crippen molar-refractivity contribution in [3.8, 4) is 6.07 Å². The minimum Gasteiger partial charge on any atom is -0.349 e. The third-order valence-electron chi connectivity index (χ3n) is 1.67. The van der Waals surface area contributed by atoms with Gasteiger partial charge in [0.2, 0.25) is 5.95 Å². The minimum absolute atomic E-state index is 0.358. The number of thiazole rings is 1. The van der Waals surface area contributed by atoms with E-state index in [1.54, 1.807) is 35.3 Å². The largest absolute Gasteiger partial charge is 0.349 e. The summed E-state index contributed by atoms with van der Waals surface area (Å²) in [6.07, 6.45) is 3.34. The second kappa shape index (κ2) is 4.48. The third kappa shape index (κ3) is 2.48. The Bertz CT molecular complexity index is 473. The fraction of sp³-hybridized carbons (Fsp3) is 0.111. The van der Waals surface area contributed by atoms with Crippen LogP contribution in [0, 0.1) is 11.3 Å². The van der Waals surface area contributed by atoms with E-state index in [-0.39, 0.29) is 0 Å². The zero-order valence-corrected chi connectivity index (χ0v) is 8.53. The number of hydrogen-bond donors (Lipinski definition) is 1. The van der Waals surface area contributed by atoms with Gasteiger partial charge in [-0.25, -0.2) is 9.97 Å². The van der Waals surface area contributed by atoms with E-state index < -0.39 is 0 Å². The number of nitriles is 1. The topological polar surface area (TPSA) is 74.5 Å². The van der Waals surface area contributed by atoms with Gasteiger partial charge in [-0.2, -0.15) is 5.26 Å². The second-order valence-corrected chi connectivity index (χ2v) is 3.67. The smallest absolute Gasteiger partial charge is 0.224 e. The Morgan fingerprint density at radius 3 is 3.20 bits per heavy atom. The van der Waals surface area contributed by atoms with E-state index in [2.05, 4.69) is 20.3 Å². The van der Waals surface area contributed by atoms with Crippen LogP contribution in [0.2, 0.25) is 0 Å². The molecule has 5 nitrogen and oxygen atoms in total. The maximum Gasteiger partial charge on any atom is 0.224 e. The summed E-state index contributed by atoms with van der Waals surface area (Å²) in [6, 6.07) is 3.53. The van der Waals surface area contributed by atoms with Crippen LogP contribution in [-0.2, 0) is 6.54 Å². The van der Waals surface area contributed by atoms with E-state index in [0.717, 1.165) is 4.88 Å². The molecule has 0 aliphatic heterocycles. The number of rotatable bonds is 3. The summed E-state index contributed by atoms with van der Waals surface area (Å²) in [4.78, 5) is 13.0. The van der Waals surface area contributed by atoms with Gasteiger partial charge >= 0.3 is 0 Å². The fourth-order valence-corrected chi connectivity index (χ4v) is 1.54. The molecule has 0 radical (unpaired) electrons. The summed E-state index contributed by atoms with van der Waals surface area (Å²) < 4.78 is 0. The van der Waals surface area contributed by atoms with Gasteiger partial charge in [0.05, 0.1) is 12.1 Å². The normalized spacial score (nSPS) is 9.53. The van der Waals surface area contributed by atoms with Gasteiger partial charge in [-0.1, -0.05) is 0 Å². The standard InChI is InChI=1S/C9H7N5S/c10-3-7-1-2-12-9(14-7)13-5-8-4-11-6-15-8/h1-2,4,6H,5H2,(H,12,13,14). The molecule has 6 heteroatoms. The number of hydrogen-bond acceptors (Lipinski definition) is 6. The SMILES string of the molecule is N#Cc1ccnc(NCc2cncs2)n1. The minimum atomic E-state index is 0.358. The van der Waals surface area contributed by atoms with Crippen molar-refractivity contribution in [2.45, 2.75) is 6.54 Å². The van der Waals surface area contributed by atoms with Crippen molar-refractivity contribution in [3.05, 3.63) is 34.5 Å². The molecule has 0 saturated heterocycles. The van der Waals surface area contributed by atoms with Crippen LogP contribution >= 0.6 is 11.3 Å². The molecule has 0 unspecified atom stereocenters. The van der Waals surface area contributed by atoms with Crippen LogP contribution in [0.4, 0.5) is 5.95 Å². The van der Waals surface area contributed by atoms with Gasteiger partial charge in [-0.05, 0) is 6.07 Å². The molecular formula is C9H7N5S. The Kier molecular flexibility index (Phi) is 2.85. The maximum atomic E-state index is 8.64. The molecule has 0 aliphatic rings. The highest BCUT2D eigenvalue weighted by molar-refractivity contribution is 7.09. The highest BCUT2D eigenvalue weighted by Gasteiger charge is 1.99. The molecule has 2 heterocycles. The molecule has 0 aliphatic carbocycles. The first-order chi connectivity index (χ1) is 7.38. The van der Waals surface area contributed by atoms with Crippen LogP contribution in [0.1, 0.15) is 10.6 Å². The molecule has 2 rings (SSSR count). The molecule has 2 aromatic rings. The lowest BCUT2D eigenvalue weighted by atomic mass is 10.4. The van der Waals surface area contributed by atoms with Crippen molar-refractivity contribution >= 4 is 17.3 Å². The lowest BCUT2D eigenvalue weighted by Crippen LogP contribution is -2.02. The molecular weight excluding hydrogens is 210 g/mol. The quantitative estimate of drug-likeness (QED) is 0.841. The first-order valence-corrected chi connectivity index (χ1v) is 5.11. The molecule has 0 spiro atoms. The third-order valence-corrected chi connectivity index (χ3v) is 2.45. The molecule has 74 valence electrons. The van der Waals surface area contributed by atoms with E-state index in [1.807, 2.05) is 6.07 Å². The van der Waals surface area contributed by atoms with Crippen molar-refractivity contribution in [2.75, 3.05) is 5.32 Å². The fourth-order valence-electron chi connectivity index (χ4n) is 1.00. The lowest BCUT2D eigenvalue weighted by Gasteiger charge is -2.01. The van der Waals surface area contributed by atoms with E-state index in [0.29, 0.717) is 18.2 Å². The van der Waals surface area contributed by atoms with E-state index >= 15 is 0 Å². The first kappa shape index (κ1) is 9.55. The molecule has 0 fully saturated rings. The van der Waals surface area contributed by atoms with Crippen LogP contribution in [0.25, 0.3) is 0 Å². The van der Waals surface area contributed by atoms with Crippen LogP contribution in [-0.4, -0.2) is 15.0 Å². The van der Waals surface area contributed by atoms with Crippen LogP contribution in [0.15, 0.2) is 24.0 Å². The first-order valence-electron chi connectivity index (χ1n) is 4.23. The average Bonchev–Trinajstić information content (AvgIpc) is 2.79. The van der Waals surface area contributed by atoms with Gasteiger partial charge in [0.1, 0.15) is 11.8 Å². The predicted octanol–water partition coefficient (Wildman–Crippen LogP) is 1.42. The Labute approximate surface area is 90.5 Å². The average molecular weight is 217 g/mol. The summed E-state index contributed by atoms with van der Waals surface area (Å²) >= 11 is 1.56. The second-order valence-electron chi connectivity index (χ2n) is 2.70. The van der Waals surface area contributed by atoms with Crippen molar-refractivity contribution < 1.29 is 0 Å². The molecule has 0 aromatic carbocycles. The predicted molar refractivity (Wildman–Crippen MR) is 56.2 cm³/mol. The zero-order valence-electron chi connectivity index (χ0n) is 7.71. The molecule has 15 heavy (non-hydrogen) atoms. The molecule has 1 N–H and O–H groups in total. The molecule has 0 amide bonds. The van der Waals surface area contributed by atoms with Crippen molar-refractivity contribution in [3.63, 3.8) is 0 Å². The number of nitrogens with zero attached hydrogens (tertiary/aromatic N) is 4. The summed E-state index contributed by atoms with van der Waals surface area (Å²) in [5.74, 6) is 0.461. The summed E-state index contributed by atoms with van der Waals surface area (Å²) in [5.41, 5.74) is 2.13. The molecule has 0 atom stereocenters. The summed E-state index contributed by atoms with van der Waals surface area (Å²) in [6.45, 7) is 0.625. The van der Waals surface area contributed by atoms with Crippen LogP contribution in [0.5, 0.6) is 0 Å². The van der Waals surface area contributed by atoms with Gasteiger partial charge in [0.25, 0.3) is 0 Å².